The molecular formula is C10H9BrFIO3S. The van der Waals surface area contributed by atoms with Crippen LogP contribution in [0.4, 0.5) is 4.39 Å². The van der Waals surface area contributed by atoms with E-state index >= 15 is 0 Å². The van der Waals surface area contributed by atoms with Crippen molar-refractivity contribution in [2.24, 2.45) is 0 Å². The number of hydrogen-bond acceptors (Lipinski definition) is 3. The number of sulfone groups is 1. The smallest absolute Gasteiger partial charge is 0.239 e. The quantitative estimate of drug-likeness (QED) is 0.416. The Bertz CT molecular complexity index is 542. The number of Topliss-reactive ketones (excluding diaryl/α,β-unsaturated/α-hetero) is 1. The van der Waals surface area contributed by atoms with Gasteiger partial charge < -0.3 is 0 Å². The molecule has 1 aromatic carbocycles. The molecule has 0 radical (unpaired) electrons. The van der Waals surface area contributed by atoms with Gasteiger partial charge in [0.05, 0.1) is 11.3 Å². The number of ketones is 1. The maximum absolute atomic E-state index is 13.4. The summed E-state index contributed by atoms with van der Waals surface area (Å²) in [6.07, 6.45) is 0. The Morgan fingerprint density at radius 1 is 1.47 bits per heavy atom. The summed E-state index contributed by atoms with van der Waals surface area (Å²) in [5.74, 6) is -1.75. The molecule has 0 aliphatic carbocycles. The van der Waals surface area contributed by atoms with Crippen molar-refractivity contribution in [2.45, 2.75) is 8.59 Å². The zero-order valence-electron chi connectivity index (χ0n) is 8.78. The first kappa shape index (κ1) is 15.0. The van der Waals surface area contributed by atoms with Crippen LogP contribution in [-0.2, 0) is 9.84 Å². The summed E-state index contributed by atoms with van der Waals surface area (Å²) < 4.78 is 35.1. The van der Waals surface area contributed by atoms with Gasteiger partial charge in [0.15, 0.2) is 9.84 Å². The van der Waals surface area contributed by atoms with Crippen LogP contribution in [0.2, 0.25) is 0 Å². The highest BCUT2D eigenvalue weighted by Gasteiger charge is 2.45. The van der Waals surface area contributed by atoms with Gasteiger partial charge >= 0.3 is 0 Å². The van der Waals surface area contributed by atoms with E-state index in [1.165, 1.54) is 47.7 Å². The monoisotopic (exact) mass is 434 g/mol. The summed E-state index contributed by atoms with van der Waals surface area (Å²) in [4.78, 5) is 12.0. The lowest BCUT2D eigenvalue weighted by molar-refractivity contribution is 0.100. The van der Waals surface area contributed by atoms with Gasteiger partial charge in [-0.1, -0.05) is 19.1 Å². The Kier molecular flexibility index (Phi) is 4.70. The first-order chi connectivity index (χ1) is 7.74. The fourth-order valence-electron chi connectivity index (χ4n) is 1.12. The van der Waals surface area contributed by atoms with Crippen LogP contribution >= 0.6 is 38.5 Å². The first-order valence-corrected chi connectivity index (χ1v) is 8.16. The van der Waals surface area contributed by atoms with Crippen molar-refractivity contribution >= 4 is 54.1 Å². The Balaban J connectivity index is 3.28. The highest BCUT2D eigenvalue weighted by molar-refractivity contribution is 14.1. The van der Waals surface area contributed by atoms with Gasteiger partial charge in [-0.3, -0.25) is 4.79 Å². The largest absolute Gasteiger partial charge is 0.290 e. The Labute approximate surface area is 121 Å². The van der Waals surface area contributed by atoms with E-state index < -0.39 is 23.1 Å². The number of halogens is 3. The molecule has 0 N–H and O–H groups in total. The minimum absolute atomic E-state index is 0.207. The molecule has 0 spiro atoms. The number of rotatable bonds is 4. The number of benzene rings is 1. The van der Waals surface area contributed by atoms with Crippen molar-refractivity contribution < 1.29 is 17.6 Å². The van der Waals surface area contributed by atoms with Crippen molar-refractivity contribution in [3.05, 3.63) is 35.6 Å². The predicted molar refractivity (Wildman–Crippen MR) is 75.9 cm³/mol. The lowest BCUT2D eigenvalue weighted by atomic mass is 10.1. The molecule has 0 saturated heterocycles. The standard InChI is InChI=1S/C10H9BrFIO3S/c1-2-17(15,16)10(11,13)9(14)7-5-3-4-6-8(7)12/h3-6H,2H2,1H3/t10-/m1/s1. The molecule has 0 amide bonds. The molecule has 0 aliphatic rings. The summed E-state index contributed by atoms with van der Waals surface area (Å²) in [5.41, 5.74) is -0.240. The zero-order valence-corrected chi connectivity index (χ0v) is 13.3. The lowest BCUT2D eigenvalue weighted by Gasteiger charge is -2.18. The van der Waals surface area contributed by atoms with E-state index in [0.29, 0.717) is 0 Å². The van der Waals surface area contributed by atoms with Crippen LogP contribution in [0.3, 0.4) is 0 Å². The number of carbonyl (C=O) groups is 1. The second-order valence-electron chi connectivity index (χ2n) is 3.23. The molecular weight excluding hydrogens is 426 g/mol. The van der Waals surface area contributed by atoms with Crippen molar-refractivity contribution in [3.63, 3.8) is 0 Å². The maximum Gasteiger partial charge on any atom is 0.239 e. The van der Waals surface area contributed by atoms with Gasteiger partial charge in [0.25, 0.3) is 0 Å². The Morgan fingerprint density at radius 2 is 2.00 bits per heavy atom. The van der Waals surface area contributed by atoms with E-state index in [-0.39, 0.29) is 11.3 Å². The van der Waals surface area contributed by atoms with E-state index in [2.05, 4.69) is 15.9 Å². The van der Waals surface area contributed by atoms with E-state index in [1.54, 1.807) is 0 Å². The number of alkyl halides is 2. The van der Waals surface area contributed by atoms with Gasteiger partial charge in [-0.05, 0) is 50.7 Å². The topological polar surface area (TPSA) is 51.2 Å². The predicted octanol–water partition coefficient (Wildman–Crippen LogP) is 2.93. The molecule has 7 heteroatoms. The summed E-state index contributed by atoms with van der Waals surface area (Å²) in [7, 11) is -3.67. The third-order valence-corrected chi connectivity index (χ3v) is 8.22. The molecule has 0 aromatic heterocycles. The van der Waals surface area contributed by atoms with E-state index in [4.69, 9.17) is 0 Å². The molecule has 0 fully saturated rings. The fraction of sp³-hybridized carbons (Fsp3) is 0.300. The van der Waals surface area contributed by atoms with Crippen molar-refractivity contribution in [1.82, 2.24) is 0 Å². The van der Waals surface area contributed by atoms with E-state index in [0.717, 1.165) is 6.07 Å². The minimum atomic E-state index is -3.67. The number of hydrogen-bond donors (Lipinski definition) is 0. The Morgan fingerprint density at radius 3 is 2.47 bits per heavy atom. The first-order valence-electron chi connectivity index (χ1n) is 4.63. The van der Waals surface area contributed by atoms with Crippen LogP contribution in [0.1, 0.15) is 17.3 Å². The Hall–Kier alpha value is -0.0200. The third kappa shape index (κ3) is 2.87. The molecule has 1 aromatic rings. The SMILES string of the molecule is CCS(=O)(=O)[C@](Br)(I)C(=O)c1ccccc1F. The second-order valence-corrected chi connectivity index (χ2v) is 11.2. The van der Waals surface area contributed by atoms with Crippen molar-refractivity contribution in [1.29, 1.82) is 0 Å². The normalized spacial score (nSPS) is 15.3. The van der Waals surface area contributed by atoms with Crippen LogP contribution in [0.5, 0.6) is 0 Å². The van der Waals surface area contributed by atoms with Gasteiger partial charge in [-0.15, -0.1) is 0 Å². The zero-order chi connectivity index (χ0) is 13.3. The van der Waals surface area contributed by atoms with Gasteiger partial charge in [0, 0.05) is 0 Å². The second kappa shape index (κ2) is 5.31. The molecule has 0 saturated carbocycles. The van der Waals surface area contributed by atoms with Crippen molar-refractivity contribution in [3.8, 4) is 0 Å². The molecule has 94 valence electrons. The molecule has 0 heterocycles. The van der Waals surface area contributed by atoms with E-state index in [1.807, 2.05) is 0 Å². The van der Waals surface area contributed by atoms with Gasteiger partial charge in [0.1, 0.15) is 5.82 Å². The fourth-order valence-corrected chi connectivity index (χ4v) is 4.00. The average Bonchev–Trinajstić information content (AvgIpc) is 2.28. The highest BCUT2D eigenvalue weighted by Crippen LogP contribution is 2.37. The molecule has 1 atom stereocenters. The van der Waals surface area contributed by atoms with Gasteiger partial charge in [-0.2, -0.15) is 0 Å². The summed E-state index contributed by atoms with van der Waals surface area (Å²) in [6.45, 7) is 1.43. The van der Waals surface area contributed by atoms with Crippen LogP contribution in [0, 0.1) is 5.82 Å². The summed E-state index contributed by atoms with van der Waals surface area (Å²) in [6, 6.07) is 5.29. The van der Waals surface area contributed by atoms with Crippen LogP contribution < -0.4 is 0 Å². The molecule has 3 nitrogen and oxygen atoms in total. The van der Waals surface area contributed by atoms with Crippen LogP contribution in [-0.4, -0.2) is 21.6 Å². The molecule has 0 aliphatic heterocycles. The lowest BCUT2D eigenvalue weighted by Crippen LogP contribution is -2.36. The van der Waals surface area contributed by atoms with Crippen molar-refractivity contribution in [2.75, 3.05) is 5.75 Å². The molecule has 17 heavy (non-hydrogen) atoms. The van der Waals surface area contributed by atoms with Crippen LogP contribution in [0.25, 0.3) is 0 Å². The maximum atomic E-state index is 13.4. The highest BCUT2D eigenvalue weighted by atomic mass is 127. The molecule has 1 rings (SSSR count). The number of carbonyl (C=O) groups excluding carboxylic acids is 1. The average molecular weight is 435 g/mol. The summed E-state index contributed by atoms with van der Waals surface area (Å²) in [5, 5.41) is 0. The summed E-state index contributed by atoms with van der Waals surface area (Å²) >= 11 is 4.36. The van der Waals surface area contributed by atoms with E-state index in [9.17, 15) is 17.6 Å². The van der Waals surface area contributed by atoms with Gasteiger partial charge in [0.2, 0.25) is 7.45 Å². The third-order valence-electron chi connectivity index (χ3n) is 2.15. The molecule has 0 unspecified atom stereocenters. The van der Waals surface area contributed by atoms with Crippen LogP contribution in [0.15, 0.2) is 24.3 Å². The minimum Gasteiger partial charge on any atom is -0.290 e. The van der Waals surface area contributed by atoms with Gasteiger partial charge in [-0.25, -0.2) is 12.8 Å². The molecule has 0 bridgehead atoms.